The van der Waals surface area contributed by atoms with Gasteiger partial charge in [0.1, 0.15) is 23.9 Å². The summed E-state index contributed by atoms with van der Waals surface area (Å²) in [6, 6.07) is 14.9. The molecule has 23 heavy (non-hydrogen) atoms. The average Bonchev–Trinajstić information content (AvgIpc) is 3.05. The van der Waals surface area contributed by atoms with Crippen molar-refractivity contribution < 1.29 is 13.9 Å². The topological polar surface area (TPSA) is 21.7 Å². The van der Waals surface area contributed by atoms with Gasteiger partial charge >= 0.3 is 0 Å². The third kappa shape index (κ3) is 4.02. The first-order valence-electron chi connectivity index (χ1n) is 8.02. The predicted molar refractivity (Wildman–Crippen MR) is 88.4 cm³/mol. The lowest BCUT2D eigenvalue weighted by Gasteiger charge is -2.25. The van der Waals surface area contributed by atoms with Crippen molar-refractivity contribution in [1.29, 1.82) is 0 Å². The van der Waals surface area contributed by atoms with Crippen LogP contribution in [-0.4, -0.2) is 31.7 Å². The molecule has 0 bridgehead atoms. The molecule has 0 N–H and O–H groups in total. The van der Waals surface area contributed by atoms with Crippen LogP contribution in [0.5, 0.6) is 11.5 Å². The standard InChI is InChI=1S/C19H22FNO2/c1-22-18-5-2-4-15(14-18)19-6-3-11-21(19)12-13-23-17-9-7-16(20)8-10-17/h2,4-5,7-10,14,19H,3,6,11-13H2,1H3. The van der Waals surface area contributed by atoms with Gasteiger partial charge in [0.15, 0.2) is 0 Å². The number of hydrogen-bond donors (Lipinski definition) is 0. The summed E-state index contributed by atoms with van der Waals surface area (Å²) >= 11 is 0. The van der Waals surface area contributed by atoms with E-state index in [0.29, 0.717) is 18.4 Å². The van der Waals surface area contributed by atoms with Gasteiger partial charge in [-0.1, -0.05) is 12.1 Å². The Labute approximate surface area is 136 Å². The monoisotopic (exact) mass is 315 g/mol. The zero-order valence-corrected chi connectivity index (χ0v) is 13.4. The summed E-state index contributed by atoms with van der Waals surface area (Å²) in [7, 11) is 1.70. The molecule has 1 atom stereocenters. The number of halogens is 1. The van der Waals surface area contributed by atoms with Crippen LogP contribution < -0.4 is 9.47 Å². The first kappa shape index (κ1) is 15.8. The second-order valence-electron chi connectivity index (χ2n) is 5.77. The highest BCUT2D eigenvalue weighted by atomic mass is 19.1. The molecule has 3 nitrogen and oxygen atoms in total. The van der Waals surface area contributed by atoms with Crippen LogP contribution in [0.15, 0.2) is 48.5 Å². The maximum absolute atomic E-state index is 12.9. The van der Waals surface area contributed by atoms with Crippen molar-refractivity contribution >= 4 is 0 Å². The zero-order chi connectivity index (χ0) is 16.1. The summed E-state index contributed by atoms with van der Waals surface area (Å²) < 4.78 is 23.9. The van der Waals surface area contributed by atoms with Crippen LogP contribution in [0.3, 0.4) is 0 Å². The van der Waals surface area contributed by atoms with E-state index in [0.717, 1.165) is 25.3 Å². The smallest absolute Gasteiger partial charge is 0.123 e. The van der Waals surface area contributed by atoms with Crippen LogP contribution in [0.4, 0.5) is 4.39 Å². The largest absolute Gasteiger partial charge is 0.497 e. The Kier molecular flexibility index (Phi) is 5.13. The summed E-state index contributed by atoms with van der Waals surface area (Å²) in [6.07, 6.45) is 2.35. The SMILES string of the molecule is COc1cccc(C2CCCN2CCOc2ccc(F)cc2)c1. The van der Waals surface area contributed by atoms with Crippen molar-refractivity contribution in [2.45, 2.75) is 18.9 Å². The molecule has 122 valence electrons. The Balaban J connectivity index is 1.57. The molecule has 0 radical (unpaired) electrons. The summed E-state index contributed by atoms with van der Waals surface area (Å²) in [5.74, 6) is 1.37. The van der Waals surface area contributed by atoms with Crippen molar-refractivity contribution in [3.8, 4) is 11.5 Å². The van der Waals surface area contributed by atoms with Crippen molar-refractivity contribution in [2.24, 2.45) is 0 Å². The van der Waals surface area contributed by atoms with E-state index >= 15 is 0 Å². The third-order valence-corrected chi connectivity index (χ3v) is 4.30. The summed E-state index contributed by atoms with van der Waals surface area (Å²) in [5, 5.41) is 0. The van der Waals surface area contributed by atoms with E-state index in [9.17, 15) is 4.39 Å². The quantitative estimate of drug-likeness (QED) is 0.803. The summed E-state index contributed by atoms with van der Waals surface area (Å²) in [4.78, 5) is 2.44. The third-order valence-electron chi connectivity index (χ3n) is 4.30. The van der Waals surface area contributed by atoms with Gasteiger partial charge < -0.3 is 9.47 Å². The number of ether oxygens (including phenoxy) is 2. The lowest BCUT2D eigenvalue weighted by Crippen LogP contribution is -2.28. The Morgan fingerprint density at radius 2 is 1.96 bits per heavy atom. The highest BCUT2D eigenvalue weighted by Crippen LogP contribution is 2.33. The average molecular weight is 315 g/mol. The van der Waals surface area contributed by atoms with E-state index in [1.807, 2.05) is 12.1 Å². The van der Waals surface area contributed by atoms with Gasteiger partial charge in [-0.05, 0) is 61.3 Å². The van der Waals surface area contributed by atoms with Crippen LogP contribution in [0.25, 0.3) is 0 Å². The molecule has 1 unspecified atom stereocenters. The minimum absolute atomic E-state index is 0.241. The molecule has 1 heterocycles. The molecule has 0 spiro atoms. The van der Waals surface area contributed by atoms with Crippen LogP contribution in [0.2, 0.25) is 0 Å². The minimum atomic E-state index is -0.241. The van der Waals surface area contributed by atoms with Crippen molar-refractivity contribution in [3.63, 3.8) is 0 Å². The van der Waals surface area contributed by atoms with Crippen molar-refractivity contribution in [3.05, 3.63) is 59.9 Å². The van der Waals surface area contributed by atoms with E-state index in [2.05, 4.69) is 17.0 Å². The van der Waals surface area contributed by atoms with Gasteiger partial charge in [0.05, 0.1) is 7.11 Å². The van der Waals surface area contributed by atoms with Crippen LogP contribution in [0.1, 0.15) is 24.4 Å². The Morgan fingerprint density at radius 1 is 1.13 bits per heavy atom. The first-order valence-corrected chi connectivity index (χ1v) is 8.02. The fourth-order valence-electron chi connectivity index (χ4n) is 3.13. The van der Waals surface area contributed by atoms with E-state index in [1.54, 1.807) is 19.2 Å². The molecule has 2 aromatic rings. The van der Waals surface area contributed by atoms with E-state index < -0.39 is 0 Å². The van der Waals surface area contributed by atoms with Crippen LogP contribution in [-0.2, 0) is 0 Å². The van der Waals surface area contributed by atoms with Crippen LogP contribution >= 0.6 is 0 Å². The fourth-order valence-corrected chi connectivity index (χ4v) is 3.13. The van der Waals surface area contributed by atoms with Gasteiger partial charge in [0.2, 0.25) is 0 Å². The number of rotatable bonds is 6. The molecule has 1 aliphatic heterocycles. The molecule has 4 heteroatoms. The second-order valence-corrected chi connectivity index (χ2v) is 5.77. The van der Waals surface area contributed by atoms with Gasteiger partial charge in [0.25, 0.3) is 0 Å². The molecular formula is C19H22FNO2. The van der Waals surface area contributed by atoms with Gasteiger partial charge in [-0.3, -0.25) is 4.90 Å². The van der Waals surface area contributed by atoms with Gasteiger partial charge in [-0.15, -0.1) is 0 Å². The fraction of sp³-hybridized carbons (Fsp3) is 0.368. The normalized spacial score (nSPS) is 18.1. The second kappa shape index (κ2) is 7.47. The number of likely N-dealkylation sites (tertiary alicyclic amines) is 1. The molecule has 0 aliphatic carbocycles. The molecule has 1 aliphatic rings. The number of hydrogen-bond acceptors (Lipinski definition) is 3. The maximum Gasteiger partial charge on any atom is 0.123 e. The minimum Gasteiger partial charge on any atom is -0.497 e. The lowest BCUT2D eigenvalue weighted by molar-refractivity contribution is 0.197. The first-order chi connectivity index (χ1) is 11.3. The Bertz CT molecular complexity index is 630. The van der Waals surface area contributed by atoms with E-state index in [-0.39, 0.29) is 5.82 Å². The number of nitrogens with zero attached hydrogens (tertiary/aromatic N) is 1. The Hall–Kier alpha value is -2.07. The molecule has 1 saturated heterocycles. The van der Waals surface area contributed by atoms with Crippen molar-refractivity contribution in [2.75, 3.05) is 26.8 Å². The zero-order valence-electron chi connectivity index (χ0n) is 13.4. The molecule has 1 fully saturated rings. The molecule has 0 saturated carbocycles. The highest BCUT2D eigenvalue weighted by Gasteiger charge is 2.25. The number of methoxy groups -OCH3 is 1. The van der Waals surface area contributed by atoms with Gasteiger partial charge in [0, 0.05) is 12.6 Å². The molecule has 3 rings (SSSR count). The molecule has 0 amide bonds. The Morgan fingerprint density at radius 3 is 2.74 bits per heavy atom. The summed E-state index contributed by atoms with van der Waals surface area (Å²) in [5.41, 5.74) is 1.30. The van der Waals surface area contributed by atoms with E-state index in [4.69, 9.17) is 9.47 Å². The van der Waals surface area contributed by atoms with Gasteiger partial charge in [-0.25, -0.2) is 4.39 Å². The van der Waals surface area contributed by atoms with Crippen LogP contribution in [0, 0.1) is 5.82 Å². The number of benzene rings is 2. The molecular weight excluding hydrogens is 293 g/mol. The van der Waals surface area contributed by atoms with Gasteiger partial charge in [-0.2, -0.15) is 0 Å². The molecule has 0 aromatic heterocycles. The predicted octanol–water partition coefficient (Wildman–Crippen LogP) is 4.05. The van der Waals surface area contributed by atoms with E-state index in [1.165, 1.54) is 24.1 Å². The lowest BCUT2D eigenvalue weighted by atomic mass is 10.0. The van der Waals surface area contributed by atoms with Crippen molar-refractivity contribution in [1.82, 2.24) is 4.90 Å². The maximum atomic E-state index is 12.9. The molecule has 2 aromatic carbocycles. The highest BCUT2D eigenvalue weighted by molar-refractivity contribution is 5.31. The summed E-state index contributed by atoms with van der Waals surface area (Å²) in [6.45, 7) is 2.54.